The Labute approximate surface area is 226 Å². The van der Waals surface area contributed by atoms with E-state index in [1.54, 1.807) is 6.92 Å². The summed E-state index contributed by atoms with van der Waals surface area (Å²) >= 11 is -2.10. The van der Waals surface area contributed by atoms with Crippen molar-refractivity contribution in [2.24, 2.45) is 22.6 Å². The number of carbonyl (C=O) groups is 2. The van der Waals surface area contributed by atoms with Crippen molar-refractivity contribution >= 4 is 28.5 Å². The minimum absolute atomic E-state index is 0.00440. The van der Waals surface area contributed by atoms with E-state index in [-0.39, 0.29) is 47.6 Å². The van der Waals surface area contributed by atoms with Crippen LogP contribution in [-0.4, -0.2) is 49.5 Å². The number of aliphatic imine (C=N–C) groups is 1. The second-order valence-electron chi connectivity index (χ2n) is 10.9. The molecule has 9 unspecified atom stereocenters. The Bertz CT molecular complexity index is 1290. The monoisotopic (exact) mass is 532 g/mol. The Morgan fingerprint density at radius 2 is 1.71 bits per heavy atom. The van der Waals surface area contributed by atoms with Crippen LogP contribution in [-0.2, 0) is 15.9 Å². The van der Waals surface area contributed by atoms with E-state index in [9.17, 15) is 18.4 Å². The molecular weight excluding hydrogens is 498 g/mol. The van der Waals surface area contributed by atoms with Crippen molar-refractivity contribution in [2.45, 2.75) is 68.3 Å². The number of fused-ring (bicyclic) bond motifs is 2. The van der Waals surface area contributed by atoms with Gasteiger partial charge < -0.3 is 15.6 Å². The Morgan fingerprint density at radius 3 is 2.45 bits per heavy atom. The van der Waals surface area contributed by atoms with Gasteiger partial charge in [0.1, 0.15) is 0 Å². The van der Waals surface area contributed by atoms with Gasteiger partial charge in [0, 0.05) is 46.5 Å². The molecule has 0 fully saturated rings. The molecule has 3 aliphatic rings. The second kappa shape index (κ2) is 11.1. The lowest BCUT2D eigenvalue weighted by atomic mass is 9.57. The lowest BCUT2D eigenvalue weighted by Crippen LogP contribution is -2.56. The highest BCUT2D eigenvalue weighted by Crippen LogP contribution is 2.52. The number of hydrogen-bond acceptors (Lipinski definition) is 6. The largest absolute Gasteiger partial charge is 0.772 e. The van der Waals surface area contributed by atoms with Gasteiger partial charge in [0.2, 0.25) is 0 Å². The Balaban J connectivity index is 1.43. The molecule has 8 heteroatoms. The molecule has 38 heavy (non-hydrogen) atoms. The summed E-state index contributed by atoms with van der Waals surface area (Å²) in [6.45, 7) is 3.73. The average molecular weight is 533 g/mol. The first-order chi connectivity index (χ1) is 18.3. The summed E-state index contributed by atoms with van der Waals surface area (Å²) < 4.78 is 22.3. The van der Waals surface area contributed by atoms with Crippen molar-refractivity contribution in [3.8, 4) is 0 Å². The smallest absolute Gasteiger partial charge is 0.254 e. The van der Waals surface area contributed by atoms with Crippen LogP contribution >= 0.6 is 0 Å². The molecule has 0 aromatic heterocycles. The number of nitrogens with zero attached hydrogens (tertiary/aromatic N) is 1. The first-order valence-electron chi connectivity index (χ1n) is 13.3. The minimum Gasteiger partial charge on any atom is -0.772 e. The standard InChI is InChI=1S/C30H35N3O4S/c1-17(16-20(31)13-12-18(2)38(36)37)32-24-15-14-23-27-26(21-10-6-7-11-22(21)29(34)28(24)27)25(30(35)33-23)19-8-4-3-5-9-19/h3-11,14-15,17-18,20,24-28,32H,12-13,16,31H2,1-2H3,(H,36,37)/p-1. The lowest BCUT2D eigenvalue weighted by molar-refractivity contribution is -0.120. The van der Waals surface area contributed by atoms with Crippen LogP contribution in [0.25, 0.3) is 0 Å². The molecule has 0 bridgehead atoms. The number of Topliss-reactive ketones (excluding diaryl/α,β-unsaturated/α-hetero) is 1. The van der Waals surface area contributed by atoms with Crippen molar-refractivity contribution in [3.63, 3.8) is 0 Å². The van der Waals surface area contributed by atoms with Gasteiger partial charge in [0.05, 0.1) is 11.8 Å². The van der Waals surface area contributed by atoms with Crippen molar-refractivity contribution in [1.29, 1.82) is 0 Å². The van der Waals surface area contributed by atoms with Crippen LogP contribution in [0.4, 0.5) is 0 Å². The molecule has 0 spiro atoms. The van der Waals surface area contributed by atoms with Crippen LogP contribution < -0.4 is 11.1 Å². The van der Waals surface area contributed by atoms with Crippen LogP contribution in [0.3, 0.4) is 0 Å². The molecule has 2 aromatic rings. The van der Waals surface area contributed by atoms with Crippen LogP contribution in [0.5, 0.6) is 0 Å². The number of hydrogen-bond donors (Lipinski definition) is 2. The predicted molar refractivity (Wildman–Crippen MR) is 148 cm³/mol. The van der Waals surface area contributed by atoms with Gasteiger partial charge >= 0.3 is 0 Å². The summed E-state index contributed by atoms with van der Waals surface area (Å²) in [4.78, 5) is 31.9. The van der Waals surface area contributed by atoms with Gasteiger partial charge in [-0.05, 0) is 43.4 Å². The van der Waals surface area contributed by atoms with Gasteiger partial charge in [-0.1, -0.05) is 78.7 Å². The van der Waals surface area contributed by atoms with Crippen molar-refractivity contribution in [1.82, 2.24) is 5.32 Å². The highest BCUT2D eigenvalue weighted by atomic mass is 32.2. The van der Waals surface area contributed by atoms with Crippen molar-refractivity contribution < 1.29 is 18.4 Å². The molecular formula is C30H34N3O4S-. The fraction of sp³-hybridized carbons (Fsp3) is 0.433. The van der Waals surface area contributed by atoms with Gasteiger partial charge in [-0.15, -0.1) is 0 Å². The van der Waals surface area contributed by atoms with E-state index < -0.39 is 22.2 Å². The molecule has 3 N–H and O–H groups in total. The third-order valence-electron chi connectivity index (χ3n) is 8.29. The second-order valence-corrected chi connectivity index (χ2v) is 12.2. The van der Waals surface area contributed by atoms with E-state index in [1.165, 1.54) is 0 Å². The zero-order chi connectivity index (χ0) is 27.0. The third-order valence-corrected chi connectivity index (χ3v) is 9.19. The third kappa shape index (κ3) is 5.10. The van der Waals surface area contributed by atoms with E-state index >= 15 is 0 Å². The highest BCUT2D eigenvalue weighted by Gasteiger charge is 2.54. The fourth-order valence-electron chi connectivity index (χ4n) is 6.49. The van der Waals surface area contributed by atoms with Crippen molar-refractivity contribution in [2.75, 3.05) is 0 Å². The summed E-state index contributed by atoms with van der Waals surface area (Å²) in [5.41, 5.74) is 9.54. The van der Waals surface area contributed by atoms with Crippen LogP contribution in [0.15, 0.2) is 71.7 Å². The van der Waals surface area contributed by atoms with E-state index in [4.69, 9.17) is 5.73 Å². The average Bonchev–Trinajstić information content (AvgIpc) is 2.90. The Morgan fingerprint density at radius 1 is 1.00 bits per heavy atom. The van der Waals surface area contributed by atoms with E-state index in [1.807, 2.05) is 73.7 Å². The quantitative estimate of drug-likeness (QED) is 0.475. The summed E-state index contributed by atoms with van der Waals surface area (Å²) in [7, 11) is 0. The maximum Gasteiger partial charge on any atom is 0.254 e. The van der Waals surface area contributed by atoms with Gasteiger partial charge in [0.25, 0.3) is 5.91 Å². The first kappa shape index (κ1) is 26.8. The number of amides is 1. The van der Waals surface area contributed by atoms with Gasteiger partial charge in [-0.2, -0.15) is 0 Å². The highest BCUT2D eigenvalue weighted by molar-refractivity contribution is 7.79. The number of nitrogens with one attached hydrogen (secondary N) is 1. The van der Waals surface area contributed by atoms with Gasteiger partial charge in [-0.3, -0.25) is 13.8 Å². The normalized spacial score (nSPS) is 29.1. The zero-order valence-corrected chi connectivity index (χ0v) is 22.5. The maximum absolute atomic E-state index is 14.0. The summed E-state index contributed by atoms with van der Waals surface area (Å²) in [5, 5.41) is 3.20. The van der Waals surface area contributed by atoms with E-state index in [2.05, 4.69) is 10.3 Å². The SMILES string of the molecule is CC(CC(N)CCC(C)S(=O)[O-])NC1C=CC2=NC(=O)C(c3ccccc3)C3c4ccccc4C(=O)C1C23. The number of allylic oxidation sites excluding steroid dienone is 1. The topological polar surface area (TPSA) is 125 Å². The molecule has 1 aliphatic heterocycles. The number of benzene rings is 2. The number of nitrogens with two attached hydrogens (primary N) is 1. The number of carbonyl (C=O) groups excluding carboxylic acids is 2. The molecule has 2 aliphatic carbocycles. The van der Waals surface area contributed by atoms with Crippen molar-refractivity contribution in [3.05, 3.63) is 83.4 Å². The van der Waals surface area contributed by atoms with E-state index in [0.717, 1.165) is 11.1 Å². The molecule has 7 nitrogen and oxygen atoms in total. The van der Waals surface area contributed by atoms with Crippen LogP contribution in [0.2, 0.25) is 0 Å². The minimum atomic E-state index is -2.10. The predicted octanol–water partition coefficient (Wildman–Crippen LogP) is 3.65. The lowest BCUT2D eigenvalue weighted by Gasteiger charge is -2.48. The van der Waals surface area contributed by atoms with Crippen LogP contribution in [0, 0.1) is 11.8 Å². The molecule has 5 rings (SSSR count). The number of ketones is 1. The van der Waals surface area contributed by atoms with Gasteiger partial charge in [0.15, 0.2) is 5.78 Å². The van der Waals surface area contributed by atoms with Crippen LogP contribution in [0.1, 0.15) is 66.4 Å². The molecule has 1 amide bonds. The molecule has 0 saturated carbocycles. The molecule has 1 heterocycles. The van der Waals surface area contributed by atoms with E-state index in [0.29, 0.717) is 30.5 Å². The zero-order valence-electron chi connectivity index (χ0n) is 21.7. The molecule has 0 saturated heterocycles. The first-order valence-corrected chi connectivity index (χ1v) is 14.5. The molecule has 9 atom stereocenters. The Hall–Kier alpha value is -2.78. The maximum atomic E-state index is 14.0. The number of rotatable bonds is 9. The molecule has 0 radical (unpaired) electrons. The molecule has 200 valence electrons. The summed E-state index contributed by atoms with van der Waals surface area (Å²) in [6, 6.07) is 17.0. The van der Waals surface area contributed by atoms with Gasteiger partial charge in [-0.25, -0.2) is 4.99 Å². The summed E-state index contributed by atoms with van der Waals surface area (Å²) in [5.74, 6) is -1.33. The summed E-state index contributed by atoms with van der Waals surface area (Å²) in [6.07, 6.45) is 5.65. The molecule has 2 aromatic carbocycles. The Kier molecular flexibility index (Phi) is 7.86. The fourth-order valence-corrected chi connectivity index (χ4v) is 6.82.